The SMILES string of the molecule is CC[C@H](C)[C@H](NC(=O)c1ccccc1)C(=O)NCC(=O)Nc1c(C)cccc1C. The monoisotopic (exact) mass is 395 g/mol. The van der Waals surface area contributed by atoms with Crippen LogP contribution in [-0.4, -0.2) is 30.3 Å². The fraction of sp³-hybridized carbons (Fsp3) is 0.348. The van der Waals surface area contributed by atoms with Crippen LogP contribution in [0, 0.1) is 19.8 Å². The summed E-state index contributed by atoms with van der Waals surface area (Å²) in [6.45, 7) is 7.51. The first-order valence-corrected chi connectivity index (χ1v) is 9.83. The lowest BCUT2D eigenvalue weighted by atomic mass is 9.98. The van der Waals surface area contributed by atoms with Crippen LogP contribution < -0.4 is 16.0 Å². The Kier molecular flexibility index (Phi) is 7.95. The van der Waals surface area contributed by atoms with Crippen molar-refractivity contribution in [2.24, 2.45) is 5.92 Å². The quantitative estimate of drug-likeness (QED) is 0.641. The lowest BCUT2D eigenvalue weighted by molar-refractivity contribution is -0.126. The molecule has 6 nitrogen and oxygen atoms in total. The van der Waals surface area contributed by atoms with Gasteiger partial charge >= 0.3 is 0 Å². The first-order chi connectivity index (χ1) is 13.8. The van der Waals surface area contributed by atoms with E-state index in [2.05, 4.69) is 16.0 Å². The highest BCUT2D eigenvalue weighted by Crippen LogP contribution is 2.19. The van der Waals surface area contributed by atoms with E-state index >= 15 is 0 Å². The van der Waals surface area contributed by atoms with Crippen molar-refractivity contribution in [1.82, 2.24) is 10.6 Å². The molecule has 2 aromatic rings. The molecular formula is C23H29N3O3. The molecular weight excluding hydrogens is 366 g/mol. The molecule has 6 heteroatoms. The van der Waals surface area contributed by atoms with Gasteiger partial charge in [-0.15, -0.1) is 0 Å². The van der Waals surface area contributed by atoms with Gasteiger partial charge < -0.3 is 16.0 Å². The molecule has 0 unspecified atom stereocenters. The fourth-order valence-corrected chi connectivity index (χ4v) is 2.99. The van der Waals surface area contributed by atoms with Gasteiger partial charge in [0.15, 0.2) is 0 Å². The summed E-state index contributed by atoms with van der Waals surface area (Å²) < 4.78 is 0. The van der Waals surface area contributed by atoms with Gasteiger partial charge in [-0.05, 0) is 43.0 Å². The molecule has 0 saturated carbocycles. The average Bonchev–Trinajstić information content (AvgIpc) is 2.72. The maximum atomic E-state index is 12.7. The van der Waals surface area contributed by atoms with Crippen molar-refractivity contribution in [3.8, 4) is 0 Å². The third kappa shape index (κ3) is 6.17. The molecule has 0 aromatic heterocycles. The number of carbonyl (C=O) groups excluding carboxylic acids is 3. The largest absolute Gasteiger partial charge is 0.345 e. The summed E-state index contributed by atoms with van der Waals surface area (Å²) in [7, 11) is 0. The zero-order valence-corrected chi connectivity index (χ0v) is 17.4. The van der Waals surface area contributed by atoms with Gasteiger partial charge in [0, 0.05) is 11.3 Å². The molecule has 3 amide bonds. The van der Waals surface area contributed by atoms with Crippen molar-refractivity contribution >= 4 is 23.4 Å². The zero-order chi connectivity index (χ0) is 21.4. The van der Waals surface area contributed by atoms with Crippen LogP contribution in [0.25, 0.3) is 0 Å². The summed E-state index contributed by atoms with van der Waals surface area (Å²) in [6, 6.07) is 13.8. The molecule has 2 atom stereocenters. The number of amides is 3. The molecule has 0 aliphatic carbocycles. The summed E-state index contributed by atoms with van der Waals surface area (Å²) in [5.74, 6) is -1.08. The molecule has 2 aromatic carbocycles. The molecule has 2 rings (SSSR count). The Labute approximate surface area is 172 Å². The first kappa shape index (κ1) is 22.1. The number of carbonyl (C=O) groups is 3. The maximum absolute atomic E-state index is 12.7. The van der Waals surface area contributed by atoms with Crippen LogP contribution in [0.1, 0.15) is 41.8 Å². The lowest BCUT2D eigenvalue weighted by Gasteiger charge is -2.23. The molecule has 0 radical (unpaired) electrons. The number of aryl methyl sites for hydroxylation is 2. The van der Waals surface area contributed by atoms with E-state index in [1.165, 1.54) is 0 Å². The molecule has 0 spiro atoms. The smallest absolute Gasteiger partial charge is 0.251 e. The van der Waals surface area contributed by atoms with Crippen molar-refractivity contribution < 1.29 is 14.4 Å². The molecule has 29 heavy (non-hydrogen) atoms. The number of rotatable bonds is 8. The topological polar surface area (TPSA) is 87.3 Å². The van der Waals surface area contributed by atoms with Crippen molar-refractivity contribution in [1.29, 1.82) is 0 Å². The Balaban J connectivity index is 1.99. The predicted octanol–water partition coefficient (Wildman–Crippen LogP) is 3.20. The minimum absolute atomic E-state index is 0.0793. The van der Waals surface area contributed by atoms with Crippen LogP contribution in [-0.2, 0) is 9.59 Å². The van der Waals surface area contributed by atoms with E-state index in [4.69, 9.17) is 0 Å². The normalized spacial score (nSPS) is 12.6. The van der Waals surface area contributed by atoms with Gasteiger partial charge in [0.1, 0.15) is 6.04 Å². The zero-order valence-electron chi connectivity index (χ0n) is 17.4. The van der Waals surface area contributed by atoms with Crippen LogP contribution in [0.2, 0.25) is 0 Å². The number of para-hydroxylation sites is 1. The predicted molar refractivity (Wildman–Crippen MR) is 115 cm³/mol. The molecule has 0 heterocycles. The fourth-order valence-electron chi connectivity index (χ4n) is 2.99. The summed E-state index contributed by atoms with van der Waals surface area (Å²) in [6.07, 6.45) is 0.710. The highest BCUT2D eigenvalue weighted by atomic mass is 16.2. The average molecular weight is 396 g/mol. The van der Waals surface area contributed by atoms with E-state index in [9.17, 15) is 14.4 Å². The Morgan fingerprint density at radius 1 is 0.931 bits per heavy atom. The van der Waals surface area contributed by atoms with Gasteiger partial charge in [0.2, 0.25) is 11.8 Å². The number of benzene rings is 2. The van der Waals surface area contributed by atoms with Crippen LogP contribution in [0.4, 0.5) is 5.69 Å². The van der Waals surface area contributed by atoms with E-state index in [1.54, 1.807) is 24.3 Å². The Morgan fingerprint density at radius 3 is 2.14 bits per heavy atom. The van der Waals surface area contributed by atoms with E-state index in [0.717, 1.165) is 16.8 Å². The van der Waals surface area contributed by atoms with Gasteiger partial charge in [-0.1, -0.05) is 56.7 Å². The van der Waals surface area contributed by atoms with Gasteiger partial charge in [-0.3, -0.25) is 14.4 Å². The number of hydrogen-bond donors (Lipinski definition) is 3. The molecule has 0 saturated heterocycles. The molecule has 0 fully saturated rings. The van der Waals surface area contributed by atoms with Crippen LogP contribution in [0.3, 0.4) is 0 Å². The molecule has 0 bridgehead atoms. The van der Waals surface area contributed by atoms with Crippen molar-refractivity contribution in [2.75, 3.05) is 11.9 Å². The highest BCUT2D eigenvalue weighted by Gasteiger charge is 2.26. The molecule has 0 aliphatic heterocycles. The van der Waals surface area contributed by atoms with Gasteiger partial charge in [-0.25, -0.2) is 0 Å². The number of hydrogen-bond acceptors (Lipinski definition) is 3. The second kappa shape index (κ2) is 10.4. The molecule has 3 N–H and O–H groups in total. The Bertz CT molecular complexity index is 845. The number of nitrogens with one attached hydrogen (secondary N) is 3. The van der Waals surface area contributed by atoms with E-state index in [0.29, 0.717) is 12.0 Å². The second-order valence-corrected chi connectivity index (χ2v) is 7.24. The lowest BCUT2D eigenvalue weighted by Crippen LogP contribution is -2.51. The van der Waals surface area contributed by atoms with E-state index in [1.807, 2.05) is 52.0 Å². The summed E-state index contributed by atoms with van der Waals surface area (Å²) >= 11 is 0. The highest BCUT2D eigenvalue weighted by molar-refractivity contribution is 5.99. The third-order valence-electron chi connectivity index (χ3n) is 4.99. The van der Waals surface area contributed by atoms with Crippen LogP contribution >= 0.6 is 0 Å². The molecule has 154 valence electrons. The minimum Gasteiger partial charge on any atom is -0.345 e. The second-order valence-electron chi connectivity index (χ2n) is 7.24. The number of anilines is 1. The summed E-state index contributed by atoms with van der Waals surface area (Å²) in [5.41, 5.74) is 3.15. The third-order valence-corrected chi connectivity index (χ3v) is 4.99. The maximum Gasteiger partial charge on any atom is 0.251 e. The van der Waals surface area contributed by atoms with Gasteiger partial charge in [-0.2, -0.15) is 0 Å². The Hall–Kier alpha value is -3.15. The first-order valence-electron chi connectivity index (χ1n) is 9.83. The van der Waals surface area contributed by atoms with Gasteiger partial charge in [0.25, 0.3) is 5.91 Å². The standard InChI is InChI=1S/C23H29N3O3/c1-5-15(2)21(26-22(28)18-12-7-6-8-13-18)23(29)24-14-19(27)25-20-16(3)10-9-11-17(20)4/h6-13,15,21H,5,14H2,1-4H3,(H,24,29)(H,25,27)(H,26,28)/t15-,21-/m0/s1. The van der Waals surface area contributed by atoms with E-state index < -0.39 is 6.04 Å². The molecule has 0 aliphatic rings. The summed E-state index contributed by atoms with van der Waals surface area (Å²) in [5, 5.41) is 8.28. The van der Waals surface area contributed by atoms with E-state index in [-0.39, 0.29) is 30.2 Å². The van der Waals surface area contributed by atoms with Gasteiger partial charge in [0.05, 0.1) is 6.54 Å². The Morgan fingerprint density at radius 2 is 1.55 bits per heavy atom. The van der Waals surface area contributed by atoms with Crippen molar-refractivity contribution in [3.63, 3.8) is 0 Å². The van der Waals surface area contributed by atoms with Crippen LogP contribution in [0.15, 0.2) is 48.5 Å². The van der Waals surface area contributed by atoms with Crippen molar-refractivity contribution in [3.05, 3.63) is 65.2 Å². The van der Waals surface area contributed by atoms with Crippen LogP contribution in [0.5, 0.6) is 0 Å². The minimum atomic E-state index is -0.722. The van der Waals surface area contributed by atoms with Crippen molar-refractivity contribution in [2.45, 2.75) is 40.2 Å². The summed E-state index contributed by atoms with van der Waals surface area (Å²) in [4.78, 5) is 37.5.